The van der Waals surface area contributed by atoms with Gasteiger partial charge in [-0.05, 0) is 37.3 Å². The van der Waals surface area contributed by atoms with E-state index in [0.717, 1.165) is 22.4 Å². The lowest BCUT2D eigenvalue weighted by molar-refractivity contribution is 0.251. The molecule has 5 nitrogen and oxygen atoms in total. The van der Waals surface area contributed by atoms with Crippen molar-refractivity contribution in [2.24, 2.45) is 0 Å². The quantitative estimate of drug-likeness (QED) is 0.507. The van der Waals surface area contributed by atoms with Gasteiger partial charge < -0.3 is 15.2 Å². The number of benzene rings is 3. The number of hydrogen-bond donors (Lipinski definition) is 2. The second-order valence-corrected chi connectivity index (χ2v) is 6.83. The molecule has 0 aliphatic carbocycles. The van der Waals surface area contributed by atoms with Gasteiger partial charge in [0.1, 0.15) is 11.6 Å². The number of para-hydroxylation sites is 2. The highest BCUT2D eigenvalue weighted by molar-refractivity contribution is 5.89. The van der Waals surface area contributed by atoms with Gasteiger partial charge in [-0.25, -0.2) is 14.2 Å². The summed E-state index contributed by atoms with van der Waals surface area (Å²) >= 11 is 0. The molecule has 0 aliphatic heterocycles. The zero-order chi connectivity index (χ0) is 20.2. The van der Waals surface area contributed by atoms with Crippen molar-refractivity contribution in [2.75, 3.05) is 11.9 Å². The third-order valence-corrected chi connectivity index (χ3v) is 4.67. The lowest BCUT2D eigenvalue weighted by atomic mass is 10.1. The minimum absolute atomic E-state index is 0.378. The predicted molar refractivity (Wildman–Crippen MR) is 113 cm³/mol. The third-order valence-electron chi connectivity index (χ3n) is 4.67. The molecule has 1 heterocycles. The summed E-state index contributed by atoms with van der Waals surface area (Å²) in [5, 5.41) is 5.46. The molecule has 0 bridgehead atoms. The molecule has 146 valence electrons. The average molecular weight is 388 g/mol. The molecular formula is C23H21FN4O. The highest BCUT2D eigenvalue weighted by Crippen LogP contribution is 2.25. The number of anilines is 1. The van der Waals surface area contributed by atoms with Gasteiger partial charge in [0.15, 0.2) is 0 Å². The van der Waals surface area contributed by atoms with Gasteiger partial charge in [-0.1, -0.05) is 48.0 Å². The van der Waals surface area contributed by atoms with E-state index in [0.29, 0.717) is 18.8 Å². The molecule has 4 aromatic rings. The number of hydrogen-bond acceptors (Lipinski definition) is 2. The van der Waals surface area contributed by atoms with E-state index >= 15 is 0 Å². The van der Waals surface area contributed by atoms with Gasteiger partial charge in [-0.2, -0.15) is 0 Å². The van der Waals surface area contributed by atoms with Gasteiger partial charge in [0.2, 0.25) is 0 Å². The first kappa shape index (κ1) is 18.7. The molecule has 0 atom stereocenters. The largest absolute Gasteiger partial charge is 0.336 e. The molecule has 0 aliphatic rings. The average Bonchev–Trinajstić information content (AvgIpc) is 3.07. The number of nitrogens with one attached hydrogen (secondary N) is 2. The van der Waals surface area contributed by atoms with Gasteiger partial charge in [0.05, 0.1) is 11.0 Å². The smallest absolute Gasteiger partial charge is 0.319 e. The van der Waals surface area contributed by atoms with Crippen molar-refractivity contribution >= 4 is 22.8 Å². The van der Waals surface area contributed by atoms with E-state index in [1.54, 1.807) is 12.1 Å². The Kier molecular flexibility index (Phi) is 5.24. The Labute approximate surface area is 168 Å². The second kappa shape index (κ2) is 8.14. The second-order valence-electron chi connectivity index (χ2n) is 6.83. The molecule has 2 amide bonds. The van der Waals surface area contributed by atoms with E-state index in [2.05, 4.69) is 39.5 Å². The molecule has 0 unspecified atom stereocenters. The van der Waals surface area contributed by atoms with Crippen molar-refractivity contribution in [1.29, 1.82) is 0 Å². The van der Waals surface area contributed by atoms with Gasteiger partial charge >= 0.3 is 6.03 Å². The van der Waals surface area contributed by atoms with E-state index in [4.69, 9.17) is 4.98 Å². The number of nitrogens with zero attached hydrogens (tertiary/aromatic N) is 2. The fourth-order valence-electron chi connectivity index (χ4n) is 3.25. The molecule has 2 N–H and O–H groups in total. The molecule has 29 heavy (non-hydrogen) atoms. The lowest BCUT2D eigenvalue weighted by Crippen LogP contribution is -2.31. The maximum Gasteiger partial charge on any atom is 0.319 e. The Hall–Kier alpha value is -3.67. The van der Waals surface area contributed by atoms with Gasteiger partial charge in [0, 0.05) is 24.3 Å². The van der Waals surface area contributed by atoms with Crippen LogP contribution in [-0.4, -0.2) is 22.1 Å². The Bertz CT molecular complexity index is 1150. The Morgan fingerprint density at radius 2 is 1.83 bits per heavy atom. The first-order valence-electron chi connectivity index (χ1n) is 9.43. The van der Waals surface area contributed by atoms with Crippen molar-refractivity contribution in [3.8, 4) is 11.4 Å². The number of urea groups is 1. The molecule has 0 radical (unpaired) electrons. The minimum atomic E-state index is -0.393. The summed E-state index contributed by atoms with van der Waals surface area (Å²) in [4.78, 5) is 16.9. The van der Waals surface area contributed by atoms with Crippen LogP contribution in [-0.2, 0) is 6.54 Å². The van der Waals surface area contributed by atoms with Crippen LogP contribution in [0.5, 0.6) is 0 Å². The fraction of sp³-hybridized carbons (Fsp3) is 0.130. The number of fused-ring (bicyclic) bond motifs is 1. The van der Waals surface area contributed by atoms with Gasteiger partial charge in [-0.15, -0.1) is 0 Å². The van der Waals surface area contributed by atoms with Crippen molar-refractivity contribution < 1.29 is 9.18 Å². The van der Waals surface area contributed by atoms with Crippen LogP contribution < -0.4 is 10.6 Å². The SMILES string of the molecule is Cc1ccc(-c2nc3ccccc3n2CCNC(=O)Nc2cccc(F)c2)cc1. The first-order valence-corrected chi connectivity index (χ1v) is 9.43. The van der Waals surface area contributed by atoms with E-state index in [9.17, 15) is 9.18 Å². The van der Waals surface area contributed by atoms with Crippen molar-refractivity contribution in [2.45, 2.75) is 13.5 Å². The molecule has 0 spiro atoms. The highest BCUT2D eigenvalue weighted by atomic mass is 19.1. The molecule has 4 rings (SSSR count). The van der Waals surface area contributed by atoms with E-state index in [1.807, 2.05) is 31.2 Å². The number of halogens is 1. The standard InChI is InChI=1S/C23H21FN4O/c1-16-9-11-17(12-10-16)22-27-20-7-2-3-8-21(20)28(22)14-13-25-23(29)26-19-6-4-5-18(24)15-19/h2-12,15H,13-14H2,1H3,(H2,25,26,29). The molecular weight excluding hydrogens is 367 g/mol. The summed E-state index contributed by atoms with van der Waals surface area (Å²) in [6, 6.07) is 21.6. The van der Waals surface area contributed by atoms with Crippen LogP contribution in [0.15, 0.2) is 72.8 Å². The Morgan fingerprint density at radius 1 is 1.03 bits per heavy atom. The van der Waals surface area contributed by atoms with Crippen LogP contribution in [0.3, 0.4) is 0 Å². The van der Waals surface area contributed by atoms with Crippen LogP contribution in [0, 0.1) is 12.7 Å². The summed E-state index contributed by atoms with van der Waals surface area (Å²) in [7, 11) is 0. The number of carbonyl (C=O) groups is 1. The Morgan fingerprint density at radius 3 is 2.62 bits per heavy atom. The molecule has 6 heteroatoms. The van der Waals surface area contributed by atoms with Gasteiger partial charge in [0.25, 0.3) is 0 Å². The molecule has 3 aromatic carbocycles. The highest BCUT2D eigenvalue weighted by Gasteiger charge is 2.12. The summed E-state index contributed by atoms with van der Waals surface area (Å²) in [6.07, 6.45) is 0. The van der Waals surface area contributed by atoms with Crippen molar-refractivity contribution in [3.05, 3.63) is 84.2 Å². The summed E-state index contributed by atoms with van der Waals surface area (Å²) in [5.74, 6) is 0.467. The number of aryl methyl sites for hydroxylation is 1. The molecule has 0 fully saturated rings. The van der Waals surface area contributed by atoms with Crippen LogP contribution in [0.2, 0.25) is 0 Å². The van der Waals surface area contributed by atoms with Gasteiger partial charge in [-0.3, -0.25) is 0 Å². The van der Waals surface area contributed by atoms with Crippen molar-refractivity contribution in [1.82, 2.24) is 14.9 Å². The zero-order valence-corrected chi connectivity index (χ0v) is 16.0. The lowest BCUT2D eigenvalue weighted by Gasteiger charge is -2.11. The van der Waals surface area contributed by atoms with Crippen LogP contribution in [0.4, 0.5) is 14.9 Å². The zero-order valence-electron chi connectivity index (χ0n) is 16.0. The first-order chi connectivity index (χ1) is 14.1. The third kappa shape index (κ3) is 4.27. The number of carbonyl (C=O) groups excluding carboxylic acids is 1. The van der Waals surface area contributed by atoms with Crippen LogP contribution in [0.25, 0.3) is 22.4 Å². The van der Waals surface area contributed by atoms with Crippen LogP contribution in [0.1, 0.15) is 5.56 Å². The number of aromatic nitrogens is 2. The van der Waals surface area contributed by atoms with E-state index in [1.165, 1.54) is 17.7 Å². The maximum atomic E-state index is 13.3. The molecule has 0 saturated heterocycles. The predicted octanol–water partition coefficient (Wildman–Crippen LogP) is 4.97. The molecule has 0 saturated carbocycles. The summed E-state index contributed by atoms with van der Waals surface area (Å²) in [6.45, 7) is 3.01. The minimum Gasteiger partial charge on any atom is -0.336 e. The van der Waals surface area contributed by atoms with E-state index < -0.39 is 5.82 Å². The maximum absolute atomic E-state index is 13.3. The molecule has 1 aromatic heterocycles. The summed E-state index contributed by atoms with van der Waals surface area (Å²) < 4.78 is 15.4. The normalized spacial score (nSPS) is 10.8. The summed E-state index contributed by atoms with van der Waals surface area (Å²) in [5.41, 5.74) is 4.54. The topological polar surface area (TPSA) is 59.0 Å². The monoisotopic (exact) mass is 388 g/mol. The number of amides is 2. The number of rotatable bonds is 5. The van der Waals surface area contributed by atoms with Crippen molar-refractivity contribution in [3.63, 3.8) is 0 Å². The number of imidazole rings is 1. The fourth-order valence-corrected chi connectivity index (χ4v) is 3.25. The van der Waals surface area contributed by atoms with E-state index in [-0.39, 0.29) is 6.03 Å². The Balaban J connectivity index is 1.50. The van der Waals surface area contributed by atoms with Crippen LogP contribution >= 0.6 is 0 Å².